The lowest BCUT2D eigenvalue weighted by Crippen LogP contribution is -3.00. The molecule has 2 aromatic heterocycles. The van der Waals surface area contributed by atoms with E-state index in [0.717, 1.165) is 42.1 Å². The number of oxazole rings is 1. The maximum Gasteiger partial charge on any atom is 0.262 e. The number of benzene rings is 4. The second kappa shape index (κ2) is 12.6. The highest BCUT2D eigenvalue weighted by atomic mass is 35.5. The summed E-state index contributed by atoms with van der Waals surface area (Å²) in [7, 11) is -2.57. The third kappa shape index (κ3) is 5.08. The molecule has 4 heterocycles. The van der Waals surface area contributed by atoms with E-state index in [1.54, 1.807) is 6.07 Å². The Hall–Kier alpha value is -4.15. The van der Waals surface area contributed by atoms with Crippen molar-refractivity contribution in [3.05, 3.63) is 155 Å². The third-order valence-electron chi connectivity index (χ3n) is 9.21. The minimum Gasteiger partial charge on any atom is -1.00 e. The normalized spacial score (nSPS) is 17.2. The molecule has 8 rings (SSSR count). The maximum absolute atomic E-state index is 12.8. The standard InChI is InChI=1S/C38H32ClN3O2P.ClH/c39-33-20-11-10-19-32(33)36-40-37(38(44-36)41-24-27-23-28(26-41)34-21-12-22-35(43)42(34)25-27)45(29-13-4-1-5-14-29,30-15-6-2-7-16-30)31-17-8-3-9-18-31;/h1-22,27-28H,23-26H2;1H/q+1;/p-1. The summed E-state index contributed by atoms with van der Waals surface area (Å²) < 4.78 is 8.93. The first-order chi connectivity index (χ1) is 22.1. The van der Waals surface area contributed by atoms with Gasteiger partial charge in [0, 0.05) is 37.3 Å². The van der Waals surface area contributed by atoms with Crippen molar-refractivity contribution >= 4 is 46.1 Å². The molecule has 0 aliphatic carbocycles. The summed E-state index contributed by atoms with van der Waals surface area (Å²) in [5.74, 6) is 1.84. The summed E-state index contributed by atoms with van der Waals surface area (Å²) in [5, 5.41) is 4.22. The monoisotopic (exact) mass is 663 g/mol. The highest BCUT2D eigenvalue weighted by Crippen LogP contribution is 2.57. The molecule has 1 saturated heterocycles. The van der Waals surface area contributed by atoms with Crippen molar-refractivity contribution in [3.63, 3.8) is 0 Å². The van der Waals surface area contributed by atoms with Crippen LogP contribution >= 0.6 is 18.9 Å². The van der Waals surface area contributed by atoms with Gasteiger partial charge in [-0.25, -0.2) is 0 Å². The molecule has 0 N–H and O–H groups in total. The Kier molecular flexibility index (Phi) is 8.33. The van der Waals surface area contributed by atoms with Crippen LogP contribution < -0.4 is 44.2 Å². The predicted molar refractivity (Wildman–Crippen MR) is 185 cm³/mol. The number of aromatic nitrogens is 2. The van der Waals surface area contributed by atoms with Crippen molar-refractivity contribution in [2.24, 2.45) is 5.92 Å². The fourth-order valence-corrected chi connectivity index (χ4v) is 11.7. The molecule has 2 aliphatic rings. The van der Waals surface area contributed by atoms with Gasteiger partial charge >= 0.3 is 0 Å². The molecule has 4 aromatic carbocycles. The van der Waals surface area contributed by atoms with Crippen LogP contribution in [-0.2, 0) is 6.54 Å². The van der Waals surface area contributed by atoms with E-state index in [-0.39, 0.29) is 23.9 Å². The van der Waals surface area contributed by atoms with Crippen molar-refractivity contribution in [1.29, 1.82) is 0 Å². The van der Waals surface area contributed by atoms with E-state index in [4.69, 9.17) is 21.0 Å². The van der Waals surface area contributed by atoms with Gasteiger partial charge in [0.05, 0.1) is 10.6 Å². The summed E-state index contributed by atoms with van der Waals surface area (Å²) >= 11 is 6.78. The fraction of sp³-hybridized carbons (Fsp3) is 0.158. The molecule has 5 nitrogen and oxygen atoms in total. The molecule has 0 saturated carbocycles. The molecule has 0 radical (unpaired) electrons. The van der Waals surface area contributed by atoms with Gasteiger partial charge in [0.1, 0.15) is 15.9 Å². The first-order valence-corrected chi connectivity index (χ1v) is 17.6. The van der Waals surface area contributed by atoms with Gasteiger partial charge in [0.2, 0.25) is 5.89 Å². The van der Waals surface area contributed by atoms with Crippen molar-refractivity contribution < 1.29 is 16.8 Å². The number of hydrogen-bond donors (Lipinski definition) is 0. The average molecular weight is 665 g/mol. The first kappa shape index (κ1) is 30.5. The quantitative estimate of drug-likeness (QED) is 0.257. The van der Waals surface area contributed by atoms with Gasteiger partial charge in [0.25, 0.3) is 16.9 Å². The average Bonchev–Trinajstić information content (AvgIpc) is 3.53. The minimum atomic E-state index is -2.57. The van der Waals surface area contributed by atoms with Crippen LogP contribution in [0.2, 0.25) is 5.02 Å². The van der Waals surface area contributed by atoms with Crippen molar-refractivity contribution in [2.75, 3.05) is 18.0 Å². The lowest BCUT2D eigenvalue weighted by atomic mass is 9.83. The lowest BCUT2D eigenvalue weighted by Gasteiger charge is -2.42. The fourth-order valence-electron chi connectivity index (χ4n) is 7.31. The highest BCUT2D eigenvalue weighted by molar-refractivity contribution is 8.01. The highest BCUT2D eigenvalue weighted by Gasteiger charge is 2.54. The molecular weight excluding hydrogens is 632 g/mol. The molecule has 6 aromatic rings. The van der Waals surface area contributed by atoms with Crippen LogP contribution in [0.15, 0.2) is 143 Å². The van der Waals surface area contributed by atoms with E-state index in [9.17, 15) is 4.79 Å². The van der Waals surface area contributed by atoms with Crippen LogP contribution in [0.4, 0.5) is 5.88 Å². The Labute approximate surface area is 280 Å². The predicted octanol–water partition coefficient (Wildman–Crippen LogP) is 3.40. The Morgan fingerprint density at radius 1 is 0.696 bits per heavy atom. The number of halogens is 2. The zero-order chi connectivity index (χ0) is 30.4. The van der Waals surface area contributed by atoms with E-state index >= 15 is 0 Å². The molecule has 2 bridgehead atoms. The van der Waals surface area contributed by atoms with Gasteiger partial charge in [-0.3, -0.25) is 4.79 Å². The number of anilines is 1. The van der Waals surface area contributed by atoms with Crippen molar-refractivity contribution in [2.45, 2.75) is 18.9 Å². The zero-order valence-electron chi connectivity index (χ0n) is 25.0. The second-order valence-corrected chi connectivity index (χ2v) is 15.6. The zero-order valence-corrected chi connectivity index (χ0v) is 27.5. The van der Waals surface area contributed by atoms with E-state index < -0.39 is 7.26 Å². The number of nitrogens with zero attached hydrogens (tertiary/aromatic N) is 3. The largest absolute Gasteiger partial charge is 1.00 e. The number of rotatable bonds is 6. The summed E-state index contributed by atoms with van der Waals surface area (Å²) in [4.78, 5) is 20.7. The summed E-state index contributed by atoms with van der Waals surface area (Å²) in [6.45, 7) is 2.22. The topological polar surface area (TPSA) is 51.3 Å². The van der Waals surface area contributed by atoms with E-state index in [1.165, 1.54) is 15.9 Å². The molecule has 0 spiro atoms. The third-order valence-corrected chi connectivity index (χ3v) is 13.7. The molecule has 2 unspecified atom stereocenters. The Morgan fingerprint density at radius 3 is 1.89 bits per heavy atom. The molecule has 2 aliphatic heterocycles. The Balaban J connectivity index is 0.00000338. The van der Waals surface area contributed by atoms with E-state index in [2.05, 4.69) is 102 Å². The van der Waals surface area contributed by atoms with Gasteiger partial charge in [-0.05, 0) is 66.9 Å². The van der Waals surface area contributed by atoms with Crippen molar-refractivity contribution in [1.82, 2.24) is 9.55 Å². The van der Waals surface area contributed by atoms with Gasteiger partial charge in [-0.15, -0.1) is 0 Å². The summed E-state index contributed by atoms with van der Waals surface area (Å²) in [5.41, 5.74) is 2.89. The molecule has 0 amide bonds. The van der Waals surface area contributed by atoms with E-state index in [1.807, 2.05) is 34.9 Å². The molecule has 1 fully saturated rings. The van der Waals surface area contributed by atoms with Gasteiger partial charge in [-0.1, -0.05) is 84.4 Å². The second-order valence-electron chi connectivity index (χ2n) is 11.9. The van der Waals surface area contributed by atoms with Gasteiger partial charge < -0.3 is 26.3 Å². The molecule has 230 valence electrons. The van der Waals surface area contributed by atoms with Crippen LogP contribution in [0.1, 0.15) is 18.0 Å². The number of hydrogen-bond acceptors (Lipinski definition) is 4. The van der Waals surface area contributed by atoms with Gasteiger partial charge in [-0.2, -0.15) is 4.98 Å². The number of pyridine rings is 1. The number of piperidine rings is 1. The van der Waals surface area contributed by atoms with Crippen LogP contribution in [0.3, 0.4) is 0 Å². The minimum absolute atomic E-state index is 0. The van der Waals surface area contributed by atoms with Crippen LogP contribution in [0, 0.1) is 5.92 Å². The van der Waals surface area contributed by atoms with Gasteiger partial charge in [0.15, 0.2) is 7.26 Å². The summed E-state index contributed by atoms with van der Waals surface area (Å²) in [6.07, 6.45) is 1.05. The van der Waals surface area contributed by atoms with Crippen LogP contribution in [0.25, 0.3) is 11.5 Å². The summed E-state index contributed by atoms with van der Waals surface area (Å²) in [6, 6.07) is 45.7. The Morgan fingerprint density at radius 2 is 1.28 bits per heavy atom. The van der Waals surface area contributed by atoms with Crippen LogP contribution in [0.5, 0.6) is 0 Å². The number of fused-ring (bicyclic) bond motifs is 4. The molecule has 8 heteroatoms. The SMILES string of the molecule is O=c1cccc2n1CC1CC2CN(c2oc(-c3ccccc3Cl)nc2[P+](c2ccccc2)(c2ccccc2)c2ccccc2)C1.[Cl-]. The van der Waals surface area contributed by atoms with Crippen LogP contribution in [-0.4, -0.2) is 22.6 Å². The Bertz CT molecular complexity index is 1940. The van der Waals surface area contributed by atoms with E-state index in [0.29, 0.717) is 23.4 Å². The molecule has 2 atom stereocenters. The maximum atomic E-state index is 12.8. The molecule has 46 heavy (non-hydrogen) atoms. The molecular formula is C38H32Cl2N3O2P. The van der Waals surface area contributed by atoms with Crippen molar-refractivity contribution in [3.8, 4) is 11.5 Å². The first-order valence-electron chi connectivity index (χ1n) is 15.4. The lowest BCUT2D eigenvalue weighted by molar-refractivity contribution is -0.00000921. The smallest absolute Gasteiger partial charge is 0.262 e.